The van der Waals surface area contributed by atoms with Gasteiger partial charge in [-0.3, -0.25) is 4.79 Å². The lowest BCUT2D eigenvalue weighted by atomic mass is 10.1. The molecule has 0 bridgehead atoms. The van der Waals surface area contributed by atoms with E-state index in [2.05, 4.69) is 10.2 Å². The molecule has 0 aromatic rings. The van der Waals surface area contributed by atoms with Gasteiger partial charge in [0.1, 0.15) is 5.60 Å². The van der Waals surface area contributed by atoms with Crippen LogP contribution in [0.4, 0.5) is 4.79 Å². The molecule has 7 heteroatoms. The highest BCUT2D eigenvalue weighted by Crippen LogP contribution is 2.23. The summed E-state index contributed by atoms with van der Waals surface area (Å²) in [5.74, 6) is -1.24. The summed E-state index contributed by atoms with van der Waals surface area (Å²) < 4.78 is 9.67. The van der Waals surface area contributed by atoms with E-state index in [1.165, 1.54) is 7.11 Å². The first-order valence-electron chi connectivity index (χ1n) is 6.06. The second-order valence-electron chi connectivity index (χ2n) is 5.50. The van der Waals surface area contributed by atoms with E-state index < -0.39 is 23.7 Å². The van der Waals surface area contributed by atoms with Crippen molar-refractivity contribution >= 4 is 18.0 Å². The van der Waals surface area contributed by atoms with Crippen molar-refractivity contribution in [2.45, 2.75) is 45.8 Å². The molecule has 1 fully saturated rings. The van der Waals surface area contributed by atoms with Gasteiger partial charge >= 0.3 is 12.1 Å². The van der Waals surface area contributed by atoms with Gasteiger partial charge in [-0.1, -0.05) is 6.92 Å². The minimum absolute atomic E-state index is 0.307. The largest absolute Gasteiger partial charge is 0.467 e. The normalized spacial score (nSPS) is 23.2. The van der Waals surface area contributed by atoms with Gasteiger partial charge in [-0.2, -0.15) is 0 Å². The summed E-state index contributed by atoms with van der Waals surface area (Å²) in [6.07, 6.45) is -0.467. The molecule has 2 atom stereocenters. The number of amides is 2. The molecule has 0 spiro atoms. The van der Waals surface area contributed by atoms with Crippen LogP contribution >= 0.6 is 0 Å². The number of rotatable bonds is 2. The molecule has 1 aliphatic rings. The smallest absolute Gasteiger partial charge is 0.426 e. The van der Waals surface area contributed by atoms with Crippen molar-refractivity contribution in [3.63, 3.8) is 0 Å². The van der Waals surface area contributed by atoms with Crippen LogP contribution in [0.5, 0.6) is 0 Å². The van der Waals surface area contributed by atoms with Crippen molar-refractivity contribution in [3.8, 4) is 0 Å². The van der Waals surface area contributed by atoms with E-state index >= 15 is 0 Å². The van der Waals surface area contributed by atoms with E-state index in [4.69, 9.17) is 4.74 Å². The monoisotopic (exact) mass is 272 g/mol. The van der Waals surface area contributed by atoms with Gasteiger partial charge in [0, 0.05) is 5.92 Å². The highest BCUT2D eigenvalue weighted by Gasteiger charge is 2.43. The van der Waals surface area contributed by atoms with Crippen LogP contribution in [0, 0.1) is 5.92 Å². The second kappa shape index (κ2) is 5.46. The zero-order chi connectivity index (χ0) is 14.8. The summed E-state index contributed by atoms with van der Waals surface area (Å²) in [5, 5.41) is 0.991. The maximum absolute atomic E-state index is 11.9. The predicted octanol–water partition coefficient (Wildman–Crippen LogP) is 0.836. The minimum Gasteiger partial charge on any atom is -0.467 e. The number of hydrogen-bond acceptors (Lipinski definition) is 5. The average molecular weight is 272 g/mol. The lowest BCUT2D eigenvalue weighted by Crippen LogP contribution is -2.52. The van der Waals surface area contributed by atoms with Crippen LogP contribution in [-0.2, 0) is 19.1 Å². The van der Waals surface area contributed by atoms with E-state index in [-0.39, 0.29) is 11.8 Å². The molecule has 0 saturated carbocycles. The number of ether oxygens (including phenoxy) is 2. The molecular weight excluding hydrogens is 252 g/mol. The number of carbonyl (C=O) groups excluding carboxylic acids is 3. The van der Waals surface area contributed by atoms with E-state index in [0.717, 1.165) is 5.01 Å². The Bertz CT molecular complexity index is 388. The maximum atomic E-state index is 11.9. The molecule has 1 rings (SSSR count). The molecule has 2 amide bonds. The maximum Gasteiger partial charge on any atom is 0.426 e. The number of nitrogens with zero attached hydrogens (tertiary/aromatic N) is 1. The van der Waals surface area contributed by atoms with Gasteiger partial charge in [0.05, 0.1) is 7.11 Å². The minimum atomic E-state index is -0.806. The van der Waals surface area contributed by atoms with Gasteiger partial charge < -0.3 is 9.47 Å². The van der Waals surface area contributed by atoms with Crippen molar-refractivity contribution in [1.82, 2.24) is 10.4 Å². The third-order valence-corrected chi connectivity index (χ3v) is 2.63. The lowest BCUT2D eigenvalue weighted by molar-refractivity contribution is -0.151. The van der Waals surface area contributed by atoms with Gasteiger partial charge in [0.2, 0.25) is 5.91 Å². The lowest BCUT2D eigenvalue weighted by Gasteiger charge is -2.26. The SMILES string of the molecule is COC(=O)[C@@H]1C[C@H](C)C(=O)N1NC(=O)OC(C)(C)C. The quantitative estimate of drug-likeness (QED) is 0.753. The van der Waals surface area contributed by atoms with Crippen LogP contribution in [0.2, 0.25) is 0 Å². The topological polar surface area (TPSA) is 84.9 Å². The first kappa shape index (κ1) is 15.3. The Labute approximate surface area is 112 Å². The molecule has 0 radical (unpaired) electrons. The van der Waals surface area contributed by atoms with Crippen LogP contribution in [0.25, 0.3) is 0 Å². The van der Waals surface area contributed by atoms with E-state index in [9.17, 15) is 14.4 Å². The Kier molecular flexibility index (Phi) is 4.39. The zero-order valence-electron chi connectivity index (χ0n) is 11.9. The fourth-order valence-electron chi connectivity index (χ4n) is 1.80. The summed E-state index contributed by atoms with van der Waals surface area (Å²) in [5.41, 5.74) is 1.62. The summed E-state index contributed by atoms with van der Waals surface area (Å²) in [7, 11) is 1.24. The number of esters is 1. The van der Waals surface area contributed by atoms with Crippen molar-refractivity contribution < 1.29 is 23.9 Å². The van der Waals surface area contributed by atoms with E-state index in [1.54, 1.807) is 27.7 Å². The number of hydrogen-bond donors (Lipinski definition) is 1. The zero-order valence-corrected chi connectivity index (χ0v) is 11.9. The van der Waals surface area contributed by atoms with Crippen LogP contribution in [-0.4, -0.2) is 41.7 Å². The standard InChI is InChI=1S/C12H20N2O5/c1-7-6-8(10(16)18-5)14(9(7)15)13-11(17)19-12(2,3)4/h7-8H,6H2,1-5H3,(H,13,17)/t7-,8-/m0/s1. The average Bonchev–Trinajstić information content (AvgIpc) is 2.54. The van der Waals surface area contributed by atoms with Gasteiger partial charge in [0.25, 0.3) is 0 Å². The first-order chi connectivity index (χ1) is 8.65. The summed E-state index contributed by atoms with van der Waals surface area (Å²) >= 11 is 0. The van der Waals surface area contributed by atoms with Crippen LogP contribution in [0.3, 0.4) is 0 Å². The molecule has 0 aromatic heterocycles. The summed E-state index contributed by atoms with van der Waals surface area (Å²) in [6.45, 7) is 6.81. The van der Waals surface area contributed by atoms with Crippen molar-refractivity contribution in [2.75, 3.05) is 7.11 Å². The van der Waals surface area contributed by atoms with Crippen molar-refractivity contribution in [2.24, 2.45) is 5.92 Å². The van der Waals surface area contributed by atoms with Crippen LogP contribution < -0.4 is 5.43 Å². The van der Waals surface area contributed by atoms with Crippen LogP contribution in [0.1, 0.15) is 34.1 Å². The van der Waals surface area contributed by atoms with Gasteiger partial charge in [-0.15, -0.1) is 0 Å². The highest BCUT2D eigenvalue weighted by atomic mass is 16.6. The molecule has 1 heterocycles. The Hall–Kier alpha value is -1.79. The molecular formula is C12H20N2O5. The van der Waals surface area contributed by atoms with Gasteiger partial charge in [-0.05, 0) is 27.2 Å². The number of methoxy groups -OCH3 is 1. The second-order valence-corrected chi connectivity index (χ2v) is 5.50. The molecule has 7 nitrogen and oxygen atoms in total. The molecule has 1 saturated heterocycles. The molecule has 0 aliphatic carbocycles. The Morgan fingerprint density at radius 1 is 1.37 bits per heavy atom. The molecule has 0 unspecified atom stereocenters. The Morgan fingerprint density at radius 2 is 1.95 bits per heavy atom. The fraction of sp³-hybridized carbons (Fsp3) is 0.750. The molecule has 1 aliphatic heterocycles. The summed E-state index contributed by atoms with van der Waals surface area (Å²) in [4.78, 5) is 35.1. The number of carbonyl (C=O) groups is 3. The fourth-order valence-corrected chi connectivity index (χ4v) is 1.80. The highest BCUT2D eigenvalue weighted by molar-refractivity contribution is 5.90. The van der Waals surface area contributed by atoms with Crippen molar-refractivity contribution in [1.29, 1.82) is 0 Å². The first-order valence-corrected chi connectivity index (χ1v) is 6.06. The van der Waals surface area contributed by atoms with Gasteiger partial charge in [-0.25, -0.2) is 20.0 Å². The third-order valence-electron chi connectivity index (χ3n) is 2.63. The summed E-state index contributed by atoms with van der Waals surface area (Å²) in [6, 6.07) is -0.806. The molecule has 108 valence electrons. The predicted molar refractivity (Wildman–Crippen MR) is 65.8 cm³/mol. The number of hydrazine groups is 1. The van der Waals surface area contributed by atoms with Crippen molar-refractivity contribution in [3.05, 3.63) is 0 Å². The van der Waals surface area contributed by atoms with E-state index in [1.807, 2.05) is 0 Å². The van der Waals surface area contributed by atoms with Crippen LogP contribution in [0.15, 0.2) is 0 Å². The Balaban J connectivity index is 2.75. The molecule has 0 aromatic carbocycles. The molecule has 1 N–H and O–H groups in total. The molecule has 19 heavy (non-hydrogen) atoms. The third kappa shape index (κ3) is 3.84. The van der Waals surface area contributed by atoms with E-state index in [0.29, 0.717) is 6.42 Å². The Morgan fingerprint density at radius 3 is 2.42 bits per heavy atom. The number of nitrogens with one attached hydrogen (secondary N) is 1. The van der Waals surface area contributed by atoms with Gasteiger partial charge in [0.15, 0.2) is 6.04 Å².